The maximum atomic E-state index is 11.9. The van der Waals surface area contributed by atoms with Gasteiger partial charge in [0.25, 0.3) is 5.91 Å². The van der Waals surface area contributed by atoms with Crippen molar-refractivity contribution in [3.8, 4) is 0 Å². The molecule has 0 spiro atoms. The Labute approximate surface area is 116 Å². The Morgan fingerprint density at radius 1 is 1.30 bits per heavy atom. The Morgan fingerprint density at radius 3 is 2.30 bits per heavy atom. The first-order valence-corrected chi connectivity index (χ1v) is 6.50. The molecule has 0 saturated carbocycles. The van der Waals surface area contributed by atoms with Crippen LogP contribution in [0.5, 0.6) is 0 Å². The summed E-state index contributed by atoms with van der Waals surface area (Å²) in [5.41, 5.74) is -0.944. The molecular weight excluding hydrogens is 266 g/mol. The van der Waals surface area contributed by atoms with Crippen molar-refractivity contribution in [3.05, 3.63) is 0 Å². The van der Waals surface area contributed by atoms with Gasteiger partial charge in [-0.2, -0.15) is 0 Å². The third-order valence-corrected chi connectivity index (χ3v) is 3.61. The fourth-order valence-corrected chi connectivity index (χ4v) is 2.36. The van der Waals surface area contributed by atoms with Crippen molar-refractivity contribution in [2.45, 2.75) is 38.0 Å². The molecule has 8 heteroatoms. The maximum absolute atomic E-state index is 11.9. The summed E-state index contributed by atoms with van der Waals surface area (Å²) in [6.45, 7) is 3.34. The topological polar surface area (TPSA) is 110 Å². The van der Waals surface area contributed by atoms with Crippen LogP contribution < -0.4 is 5.32 Å². The van der Waals surface area contributed by atoms with Gasteiger partial charge in [-0.15, -0.1) is 0 Å². The molecule has 2 saturated heterocycles. The number of amides is 4. The second-order valence-electron chi connectivity index (χ2n) is 5.70. The predicted octanol–water partition coefficient (Wildman–Crippen LogP) is -1.73. The highest BCUT2D eigenvalue weighted by molar-refractivity contribution is 6.06. The predicted molar refractivity (Wildman–Crippen MR) is 67.5 cm³/mol. The van der Waals surface area contributed by atoms with E-state index >= 15 is 0 Å². The number of imide groups is 1. The Bertz CT molecular complexity index is 440. The zero-order chi connectivity index (χ0) is 15.1. The van der Waals surface area contributed by atoms with E-state index in [4.69, 9.17) is 0 Å². The fourth-order valence-electron chi connectivity index (χ4n) is 2.36. The number of hydrogen-bond donors (Lipinski definition) is 3. The van der Waals surface area contributed by atoms with E-state index in [1.807, 2.05) is 0 Å². The number of nitrogens with zero attached hydrogens (tertiary/aromatic N) is 2. The number of β-amino-alcohol motifs (C(OH)–C–C–N with tert-alkyl or cyclic N) is 2. The first kappa shape index (κ1) is 14.7. The summed E-state index contributed by atoms with van der Waals surface area (Å²) in [6.07, 6.45) is -1.89. The highest BCUT2D eigenvalue weighted by Gasteiger charge is 2.44. The van der Waals surface area contributed by atoms with Gasteiger partial charge in [-0.3, -0.25) is 14.5 Å². The minimum absolute atomic E-state index is 0.00434. The second-order valence-corrected chi connectivity index (χ2v) is 5.70. The highest BCUT2D eigenvalue weighted by Crippen LogP contribution is 2.17. The summed E-state index contributed by atoms with van der Waals surface area (Å²) in [7, 11) is 0. The first-order chi connectivity index (χ1) is 9.22. The number of hydrogen-bond acceptors (Lipinski definition) is 5. The fraction of sp³-hybridized carbons (Fsp3) is 0.750. The molecule has 2 atom stereocenters. The lowest BCUT2D eigenvalue weighted by Gasteiger charge is -2.18. The Kier molecular flexibility index (Phi) is 3.70. The molecule has 8 nitrogen and oxygen atoms in total. The zero-order valence-electron chi connectivity index (χ0n) is 11.5. The first-order valence-electron chi connectivity index (χ1n) is 6.50. The number of carbonyl (C=O) groups is 3. The summed E-state index contributed by atoms with van der Waals surface area (Å²) >= 11 is 0. The molecule has 0 aliphatic carbocycles. The number of urea groups is 1. The van der Waals surface area contributed by atoms with Gasteiger partial charge in [-0.1, -0.05) is 0 Å². The lowest BCUT2D eigenvalue weighted by Crippen LogP contribution is -2.41. The Balaban J connectivity index is 1.88. The lowest BCUT2D eigenvalue weighted by atomic mass is 10.1. The number of rotatable bonds is 3. The van der Waals surface area contributed by atoms with Crippen LogP contribution in [0.25, 0.3) is 0 Å². The third-order valence-electron chi connectivity index (χ3n) is 3.61. The summed E-state index contributed by atoms with van der Waals surface area (Å²) in [5, 5.41) is 21.3. The molecule has 4 amide bonds. The number of aliphatic hydroxyl groups excluding tert-OH is 2. The quantitative estimate of drug-likeness (QED) is 0.534. The van der Waals surface area contributed by atoms with Crippen LogP contribution in [0.15, 0.2) is 0 Å². The van der Waals surface area contributed by atoms with E-state index in [-0.39, 0.29) is 37.9 Å². The molecule has 0 aromatic carbocycles. The van der Waals surface area contributed by atoms with Crippen molar-refractivity contribution < 1.29 is 24.6 Å². The second kappa shape index (κ2) is 5.02. The average Bonchev–Trinajstić information content (AvgIpc) is 2.77. The van der Waals surface area contributed by atoms with E-state index in [2.05, 4.69) is 5.32 Å². The van der Waals surface area contributed by atoms with Gasteiger partial charge in [-0.25, -0.2) is 4.79 Å². The van der Waals surface area contributed by atoms with Crippen molar-refractivity contribution in [3.63, 3.8) is 0 Å². The molecule has 2 fully saturated rings. The van der Waals surface area contributed by atoms with Crippen LogP contribution in [0, 0.1) is 0 Å². The number of nitrogens with one attached hydrogen (secondary N) is 1. The van der Waals surface area contributed by atoms with Gasteiger partial charge in [0.15, 0.2) is 0 Å². The summed E-state index contributed by atoms with van der Waals surface area (Å²) in [5.74, 6) is -0.664. The summed E-state index contributed by atoms with van der Waals surface area (Å²) < 4.78 is 0. The molecule has 0 radical (unpaired) electrons. The van der Waals surface area contributed by atoms with Crippen LogP contribution in [0.4, 0.5) is 4.79 Å². The standard InChI is InChI=1S/C12H19N3O5/c1-12(2)10(19)15(11(20)13-12)4-3-9(18)14-5-7(16)8(17)6-14/h7-8,16-17H,3-6H2,1-2H3,(H,13,20). The van der Waals surface area contributed by atoms with E-state index in [0.717, 1.165) is 4.90 Å². The SMILES string of the molecule is CC1(C)NC(=O)N(CCC(=O)N2CC(O)C(O)C2)C1=O. The zero-order valence-corrected chi connectivity index (χ0v) is 11.5. The minimum atomic E-state index is -0.944. The Hall–Kier alpha value is -1.67. The lowest BCUT2D eigenvalue weighted by molar-refractivity contribution is -0.133. The van der Waals surface area contributed by atoms with E-state index in [0.29, 0.717) is 0 Å². The number of likely N-dealkylation sites (tertiary alicyclic amines) is 1. The molecule has 3 N–H and O–H groups in total. The van der Waals surface area contributed by atoms with Gasteiger partial charge in [0.05, 0.1) is 12.2 Å². The molecule has 112 valence electrons. The van der Waals surface area contributed by atoms with Crippen molar-refractivity contribution in [1.29, 1.82) is 0 Å². The normalized spacial score (nSPS) is 29.0. The van der Waals surface area contributed by atoms with Crippen LogP contribution >= 0.6 is 0 Å². The molecule has 0 bridgehead atoms. The monoisotopic (exact) mass is 285 g/mol. The highest BCUT2D eigenvalue weighted by atomic mass is 16.3. The largest absolute Gasteiger partial charge is 0.388 e. The molecule has 20 heavy (non-hydrogen) atoms. The molecule has 2 rings (SSSR count). The number of aliphatic hydroxyl groups is 2. The van der Waals surface area contributed by atoms with Gasteiger partial charge in [0, 0.05) is 26.1 Å². The smallest absolute Gasteiger partial charge is 0.325 e. The molecule has 0 aromatic rings. The summed E-state index contributed by atoms with van der Waals surface area (Å²) in [4.78, 5) is 37.8. The minimum Gasteiger partial charge on any atom is -0.388 e. The van der Waals surface area contributed by atoms with Crippen molar-refractivity contribution >= 4 is 17.8 Å². The van der Waals surface area contributed by atoms with Crippen molar-refractivity contribution in [2.24, 2.45) is 0 Å². The average molecular weight is 285 g/mol. The van der Waals surface area contributed by atoms with E-state index in [9.17, 15) is 24.6 Å². The molecular formula is C12H19N3O5. The van der Waals surface area contributed by atoms with Crippen LogP contribution in [-0.4, -0.2) is 75.2 Å². The Morgan fingerprint density at radius 2 is 1.85 bits per heavy atom. The third kappa shape index (κ3) is 2.61. The van der Waals surface area contributed by atoms with E-state index < -0.39 is 23.8 Å². The maximum Gasteiger partial charge on any atom is 0.325 e. The molecule has 2 unspecified atom stereocenters. The van der Waals surface area contributed by atoms with Crippen LogP contribution in [0.3, 0.4) is 0 Å². The van der Waals surface area contributed by atoms with Gasteiger partial charge < -0.3 is 20.4 Å². The van der Waals surface area contributed by atoms with Crippen LogP contribution in [0.2, 0.25) is 0 Å². The van der Waals surface area contributed by atoms with Gasteiger partial charge in [0.1, 0.15) is 5.54 Å². The van der Waals surface area contributed by atoms with Crippen molar-refractivity contribution in [1.82, 2.24) is 15.1 Å². The van der Waals surface area contributed by atoms with Crippen LogP contribution in [0.1, 0.15) is 20.3 Å². The molecule has 2 heterocycles. The van der Waals surface area contributed by atoms with Gasteiger partial charge >= 0.3 is 6.03 Å². The number of carbonyl (C=O) groups excluding carboxylic acids is 3. The van der Waals surface area contributed by atoms with E-state index in [1.165, 1.54) is 4.90 Å². The van der Waals surface area contributed by atoms with Gasteiger partial charge in [0.2, 0.25) is 5.91 Å². The van der Waals surface area contributed by atoms with Crippen molar-refractivity contribution in [2.75, 3.05) is 19.6 Å². The molecule has 2 aliphatic rings. The molecule has 0 aromatic heterocycles. The molecule has 2 aliphatic heterocycles. The van der Waals surface area contributed by atoms with Crippen LogP contribution in [-0.2, 0) is 9.59 Å². The van der Waals surface area contributed by atoms with Gasteiger partial charge in [-0.05, 0) is 13.8 Å². The summed E-state index contributed by atoms with van der Waals surface area (Å²) in [6, 6.07) is -0.505. The van der Waals surface area contributed by atoms with E-state index in [1.54, 1.807) is 13.8 Å².